The maximum absolute atomic E-state index is 12.8. The lowest BCUT2D eigenvalue weighted by atomic mass is 10.1. The van der Waals surface area contributed by atoms with Crippen LogP contribution in [0, 0.1) is 0 Å². The molecule has 5 aromatic rings. The van der Waals surface area contributed by atoms with E-state index in [0.717, 1.165) is 26.6 Å². The molecule has 0 aliphatic heterocycles. The average Bonchev–Trinajstić information content (AvgIpc) is 3.44. The number of hydrogen-bond acceptors (Lipinski definition) is 4. The zero-order valence-corrected chi connectivity index (χ0v) is 19.0. The van der Waals surface area contributed by atoms with Gasteiger partial charge in [0, 0.05) is 27.1 Å². The number of hydrogen-bond donors (Lipinski definition) is 0. The van der Waals surface area contributed by atoms with Crippen LogP contribution in [0.4, 0.5) is 16.4 Å². The molecule has 0 saturated heterocycles. The van der Waals surface area contributed by atoms with Crippen LogP contribution in [0.2, 0.25) is 0 Å². The van der Waals surface area contributed by atoms with Gasteiger partial charge in [-0.3, -0.25) is 9.59 Å². The summed E-state index contributed by atoms with van der Waals surface area (Å²) in [6, 6.07) is 35.9. The molecule has 1 aliphatic rings. The second kappa shape index (κ2) is 8.25. The van der Waals surface area contributed by atoms with Crippen molar-refractivity contribution in [3.8, 4) is 0 Å². The third-order valence-corrected chi connectivity index (χ3v) is 7.06. The van der Waals surface area contributed by atoms with Gasteiger partial charge < -0.3 is 4.90 Å². The number of thiophene rings is 1. The van der Waals surface area contributed by atoms with Crippen molar-refractivity contribution in [2.45, 2.75) is 0 Å². The van der Waals surface area contributed by atoms with Gasteiger partial charge in [-0.05, 0) is 41.8 Å². The van der Waals surface area contributed by atoms with Crippen molar-refractivity contribution < 1.29 is 9.59 Å². The Morgan fingerprint density at radius 2 is 1.26 bits per heavy atom. The smallest absolute Gasteiger partial charge is 0.197 e. The monoisotopic (exact) mass is 457 g/mol. The maximum Gasteiger partial charge on any atom is 0.197 e. The second-order valence-electron chi connectivity index (χ2n) is 8.11. The molecule has 34 heavy (non-hydrogen) atoms. The van der Waals surface area contributed by atoms with Gasteiger partial charge in [0.2, 0.25) is 0 Å². The Bertz CT molecular complexity index is 1550. The third-order valence-electron chi connectivity index (χ3n) is 6.05. The van der Waals surface area contributed by atoms with E-state index in [4.69, 9.17) is 0 Å². The summed E-state index contributed by atoms with van der Waals surface area (Å²) in [6.07, 6.45) is 1.73. The lowest BCUT2D eigenvalue weighted by Gasteiger charge is -2.25. The number of carbonyl (C=O) groups excluding carboxylic acids is 2. The number of nitrogens with zero attached hydrogens (tertiary/aromatic N) is 1. The minimum atomic E-state index is -0.204. The van der Waals surface area contributed by atoms with Gasteiger partial charge in [-0.25, -0.2) is 0 Å². The highest BCUT2D eigenvalue weighted by molar-refractivity contribution is 7.17. The molecule has 0 N–H and O–H groups in total. The van der Waals surface area contributed by atoms with Crippen molar-refractivity contribution in [2.24, 2.45) is 0 Å². The summed E-state index contributed by atoms with van der Waals surface area (Å²) < 4.78 is 0. The van der Waals surface area contributed by atoms with E-state index < -0.39 is 0 Å². The number of fused-ring (bicyclic) bond motifs is 2. The van der Waals surface area contributed by atoms with E-state index >= 15 is 0 Å². The average molecular weight is 458 g/mol. The molecule has 0 bridgehead atoms. The molecule has 162 valence electrons. The minimum Gasteiger partial charge on any atom is -0.301 e. The molecule has 1 heterocycles. The van der Waals surface area contributed by atoms with Crippen LogP contribution >= 0.6 is 11.3 Å². The lowest BCUT2D eigenvalue weighted by Crippen LogP contribution is -2.08. The highest BCUT2D eigenvalue weighted by Crippen LogP contribution is 2.42. The molecule has 4 aromatic carbocycles. The Morgan fingerprint density at radius 1 is 0.618 bits per heavy atom. The first-order valence-corrected chi connectivity index (χ1v) is 11.9. The number of anilines is 3. The van der Waals surface area contributed by atoms with Crippen LogP contribution in [0.1, 0.15) is 25.6 Å². The van der Waals surface area contributed by atoms with Gasteiger partial charge in [0.1, 0.15) is 5.00 Å². The first kappa shape index (κ1) is 20.3. The van der Waals surface area contributed by atoms with Crippen LogP contribution in [-0.2, 0) is 0 Å². The molecule has 1 aromatic heterocycles. The molecule has 1 aliphatic carbocycles. The second-order valence-corrected chi connectivity index (χ2v) is 9.20. The van der Waals surface area contributed by atoms with Gasteiger partial charge in [0.05, 0.1) is 11.3 Å². The zero-order chi connectivity index (χ0) is 23.1. The van der Waals surface area contributed by atoms with E-state index in [1.807, 2.05) is 42.5 Å². The van der Waals surface area contributed by atoms with Gasteiger partial charge >= 0.3 is 0 Å². The number of para-hydroxylation sites is 1. The highest BCUT2D eigenvalue weighted by atomic mass is 32.1. The molecule has 0 saturated carbocycles. The number of benzene rings is 4. The molecule has 0 radical (unpaired) electrons. The van der Waals surface area contributed by atoms with Crippen LogP contribution in [-0.4, -0.2) is 11.6 Å². The van der Waals surface area contributed by atoms with Crippen LogP contribution in [0.15, 0.2) is 115 Å². The fraction of sp³-hybridized carbons (Fsp3) is 0. The molecular formula is C30H19NO2S. The number of rotatable bonds is 4. The van der Waals surface area contributed by atoms with Crippen LogP contribution in [0.5, 0.6) is 0 Å². The Balaban J connectivity index is 1.46. The summed E-state index contributed by atoms with van der Waals surface area (Å²) in [5.74, 6) is -0.408. The molecule has 0 spiro atoms. The summed E-state index contributed by atoms with van der Waals surface area (Å²) in [7, 11) is 0. The molecule has 0 unspecified atom stereocenters. The van der Waals surface area contributed by atoms with E-state index in [1.54, 1.807) is 41.7 Å². The summed E-state index contributed by atoms with van der Waals surface area (Å²) in [6.45, 7) is 0. The van der Waals surface area contributed by atoms with Crippen molar-refractivity contribution in [3.05, 3.63) is 131 Å². The molecular weight excluding hydrogens is 438 g/mol. The summed E-state index contributed by atoms with van der Waals surface area (Å²) in [4.78, 5) is 28.8. The Hall–Kier alpha value is -4.28. The zero-order valence-electron chi connectivity index (χ0n) is 18.1. The standard InChI is InChI=1S/C30H19NO2S/c32-29-24-14-6-7-15-25(24)30(33)26(29)19-22-17-18-28(34-22)31(21-11-2-1-3-12-21)27-16-8-10-20-9-4-5-13-23(20)27/h1-19H. The Morgan fingerprint density at radius 3 is 2.03 bits per heavy atom. The lowest BCUT2D eigenvalue weighted by molar-refractivity contribution is 0.0990. The fourth-order valence-corrected chi connectivity index (χ4v) is 5.44. The van der Waals surface area contributed by atoms with Gasteiger partial charge in [-0.2, -0.15) is 0 Å². The molecule has 6 rings (SSSR count). The topological polar surface area (TPSA) is 37.4 Å². The summed E-state index contributed by atoms with van der Waals surface area (Å²) >= 11 is 1.55. The maximum atomic E-state index is 12.8. The Labute approximate surface area is 201 Å². The van der Waals surface area contributed by atoms with Gasteiger partial charge in [0.25, 0.3) is 0 Å². The Kier molecular flexibility index (Phi) is 4.93. The largest absolute Gasteiger partial charge is 0.301 e. The van der Waals surface area contributed by atoms with E-state index in [-0.39, 0.29) is 17.1 Å². The van der Waals surface area contributed by atoms with Crippen LogP contribution < -0.4 is 4.90 Å². The third kappa shape index (κ3) is 3.36. The number of carbonyl (C=O) groups is 2. The summed E-state index contributed by atoms with van der Waals surface area (Å²) in [5.41, 5.74) is 3.31. The first-order chi connectivity index (χ1) is 16.7. The first-order valence-electron chi connectivity index (χ1n) is 11.0. The highest BCUT2D eigenvalue weighted by Gasteiger charge is 2.32. The van der Waals surface area contributed by atoms with E-state index in [9.17, 15) is 9.59 Å². The SMILES string of the molecule is O=C1C(=Cc2ccc(N(c3ccccc3)c3cccc4ccccc34)s2)C(=O)c2ccccc21. The molecule has 0 fully saturated rings. The van der Waals surface area contributed by atoms with Crippen LogP contribution in [0.25, 0.3) is 16.8 Å². The predicted octanol–water partition coefficient (Wildman–Crippen LogP) is 7.83. The predicted molar refractivity (Wildman–Crippen MR) is 140 cm³/mol. The van der Waals surface area contributed by atoms with Gasteiger partial charge in [-0.15, -0.1) is 11.3 Å². The minimum absolute atomic E-state index is 0.204. The van der Waals surface area contributed by atoms with Crippen molar-refractivity contribution in [1.82, 2.24) is 0 Å². The van der Waals surface area contributed by atoms with E-state index in [2.05, 4.69) is 47.4 Å². The van der Waals surface area contributed by atoms with Gasteiger partial charge in [-0.1, -0.05) is 78.9 Å². The quantitative estimate of drug-likeness (QED) is 0.204. The number of allylic oxidation sites excluding steroid dienone is 1. The molecule has 4 heteroatoms. The van der Waals surface area contributed by atoms with Crippen molar-refractivity contribution >= 4 is 56.1 Å². The summed E-state index contributed by atoms with van der Waals surface area (Å²) in [5, 5.41) is 3.32. The van der Waals surface area contributed by atoms with E-state index in [1.165, 1.54) is 5.39 Å². The number of ketones is 2. The fourth-order valence-electron chi connectivity index (χ4n) is 4.45. The van der Waals surface area contributed by atoms with Crippen molar-refractivity contribution in [3.63, 3.8) is 0 Å². The van der Waals surface area contributed by atoms with Crippen molar-refractivity contribution in [2.75, 3.05) is 4.90 Å². The molecule has 3 nitrogen and oxygen atoms in total. The number of Topliss-reactive ketones (excluding diaryl/α,β-unsaturated/α-hetero) is 2. The van der Waals surface area contributed by atoms with E-state index in [0.29, 0.717) is 11.1 Å². The van der Waals surface area contributed by atoms with Gasteiger partial charge in [0.15, 0.2) is 11.6 Å². The van der Waals surface area contributed by atoms with Crippen molar-refractivity contribution in [1.29, 1.82) is 0 Å². The normalized spacial score (nSPS) is 12.8. The van der Waals surface area contributed by atoms with Crippen LogP contribution in [0.3, 0.4) is 0 Å². The molecule has 0 atom stereocenters. The molecule has 0 amide bonds.